The lowest BCUT2D eigenvalue weighted by Gasteiger charge is -2.08. The SMILES string of the molecule is COc1ccc(-n2nc(C(=O)O)cc2-c2cccc(OC)n2)cn1. The fourth-order valence-corrected chi connectivity index (χ4v) is 2.15. The van der Waals surface area contributed by atoms with Crippen LogP contribution in [-0.4, -0.2) is 45.0 Å². The van der Waals surface area contributed by atoms with Gasteiger partial charge >= 0.3 is 5.97 Å². The molecule has 0 aliphatic rings. The van der Waals surface area contributed by atoms with Crippen LogP contribution in [-0.2, 0) is 0 Å². The Morgan fingerprint density at radius 1 is 1.12 bits per heavy atom. The molecule has 0 aliphatic carbocycles. The zero-order valence-electron chi connectivity index (χ0n) is 13.0. The van der Waals surface area contributed by atoms with Crippen LogP contribution in [0.25, 0.3) is 17.1 Å². The minimum Gasteiger partial charge on any atom is -0.481 e. The molecule has 0 fully saturated rings. The van der Waals surface area contributed by atoms with Gasteiger partial charge in [-0.3, -0.25) is 0 Å². The van der Waals surface area contributed by atoms with E-state index in [4.69, 9.17) is 9.47 Å². The Bertz CT molecular complexity index is 874. The summed E-state index contributed by atoms with van der Waals surface area (Å²) in [5.41, 5.74) is 1.54. The maximum Gasteiger partial charge on any atom is 0.356 e. The Balaban J connectivity index is 2.14. The molecule has 3 heterocycles. The minimum absolute atomic E-state index is 0.0922. The van der Waals surface area contributed by atoms with Gasteiger partial charge in [0.05, 0.1) is 37.5 Å². The summed E-state index contributed by atoms with van der Waals surface area (Å²) in [4.78, 5) is 19.7. The molecule has 3 aromatic heterocycles. The van der Waals surface area contributed by atoms with E-state index in [1.54, 1.807) is 36.5 Å². The third kappa shape index (κ3) is 2.89. The van der Waals surface area contributed by atoms with Gasteiger partial charge in [-0.25, -0.2) is 19.4 Å². The van der Waals surface area contributed by atoms with Crippen molar-refractivity contribution in [3.63, 3.8) is 0 Å². The average Bonchev–Trinajstić information content (AvgIpc) is 3.07. The van der Waals surface area contributed by atoms with E-state index in [2.05, 4.69) is 15.1 Å². The number of carboxylic acid groups (broad SMARTS) is 1. The molecule has 0 bridgehead atoms. The van der Waals surface area contributed by atoms with E-state index in [0.717, 1.165) is 0 Å². The van der Waals surface area contributed by atoms with Gasteiger partial charge in [0.25, 0.3) is 0 Å². The second-order valence-electron chi connectivity index (χ2n) is 4.76. The summed E-state index contributed by atoms with van der Waals surface area (Å²) in [6, 6.07) is 10.1. The van der Waals surface area contributed by atoms with Crippen molar-refractivity contribution in [2.45, 2.75) is 0 Å². The van der Waals surface area contributed by atoms with Gasteiger partial charge in [0.15, 0.2) is 5.69 Å². The highest BCUT2D eigenvalue weighted by Crippen LogP contribution is 2.24. The van der Waals surface area contributed by atoms with Gasteiger partial charge < -0.3 is 14.6 Å². The lowest BCUT2D eigenvalue weighted by atomic mass is 10.2. The summed E-state index contributed by atoms with van der Waals surface area (Å²) in [5.74, 6) is -0.255. The quantitative estimate of drug-likeness (QED) is 0.766. The predicted molar refractivity (Wildman–Crippen MR) is 84.7 cm³/mol. The second-order valence-corrected chi connectivity index (χ2v) is 4.76. The summed E-state index contributed by atoms with van der Waals surface area (Å²) in [5, 5.41) is 13.4. The Morgan fingerprint density at radius 2 is 1.92 bits per heavy atom. The monoisotopic (exact) mass is 326 g/mol. The van der Waals surface area contributed by atoms with E-state index >= 15 is 0 Å². The molecular weight excluding hydrogens is 312 g/mol. The van der Waals surface area contributed by atoms with Crippen molar-refractivity contribution in [1.82, 2.24) is 19.7 Å². The number of ether oxygens (including phenoxy) is 2. The maximum absolute atomic E-state index is 11.3. The molecule has 0 unspecified atom stereocenters. The highest BCUT2D eigenvalue weighted by atomic mass is 16.5. The first kappa shape index (κ1) is 15.5. The van der Waals surface area contributed by atoms with Crippen LogP contribution in [0.5, 0.6) is 11.8 Å². The van der Waals surface area contributed by atoms with E-state index in [1.165, 1.54) is 25.0 Å². The zero-order chi connectivity index (χ0) is 17.1. The van der Waals surface area contributed by atoms with Crippen LogP contribution < -0.4 is 9.47 Å². The summed E-state index contributed by atoms with van der Waals surface area (Å²) in [6.45, 7) is 0. The molecule has 0 aromatic carbocycles. The first-order valence-corrected chi connectivity index (χ1v) is 6.97. The average molecular weight is 326 g/mol. The summed E-state index contributed by atoms with van der Waals surface area (Å²) in [7, 11) is 3.03. The molecule has 0 radical (unpaired) electrons. The normalized spacial score (nSPS) is 10.4. The third-order valence-corrected chi connectivity index (χ3v) is 3.30. The van der Waals surface area contributed by atoms with Crippen LogP contribution in [0.4, 0.5) is 0 Å². The van der Waals surface area contributed by atoms with Crippen molar-refractivity contribution in [2.75, 3.05) is 14.2 Å². The van der Waals surface area contributed by atoms with Gasteiger partial charge in [-0.2, -0.15) is 5.10 Å². The van der Waals surface area contributed by atoms with Crippen LogP contribution in [0.15, 0.2) is 42.6 Å². The molecule has 0 spiro atoms. The summed E-state index contributed by atoms with van der Waals surface area (Å²) in [6.07, 6.45) is 1.54. The number of pyridine rings is 2. The van der Waals surface area contributed by atoms with E-state index in [9.17, 15) is 9.90 Å². The van der Waals surface area contributed by atoms with Crippen LogP contribution in [0.3, 0.4) is 0 Å². The van der Waals surface area contributed by atoms with Gasteiger partial charge in [-0.1, -0.05) is 6.07 Å². The molecule has 0 amide bonds. The first-order valence-electron chi connectivity index (χ1n) is 6.97. The van der Waals surface area contributed by atoms with Crippen molar-refractivity contribution < 1.29 is 19.4 Å². The number of hydrogen-bond donors (Lipinski definition) is 1. The van der Waals surface area contributed by atoms with Gasteiger partial charge in [0.2, 0.25) is 11.8 Å². The first-order chi connectivity index (χ1) is 11.6. The number of nitrogens with zero attached hydrogens (tertiary/aromatic N) is 4. The molecule has 122 valence electrons. The molecule has 0 saturated carbocycles. The smallest absolute Gasteiger partial charge is 0.356 e. The Kier molecular flexibility index (Phi) is 4.11. The van der Waals surface area contributed by atoms with E-state index in [-0.39, 0.29) is 5.69 Å². The number of carbonyl (C=O) groups is 1. The second kappa shape index (κ2) is 6.37. The molecule has 3 aromatic rings. The number of aromatic nitrogens is 4. The van der Waals surface area contributed by atoms with Gasteiger partial charge in [0.1, 0.15) is 0 Å². The van der Waals surface area contributed by atoms with Crippen molar-refractivity contribution in [2.24, 2.45) is 0 Å². The minimum atomic E-state index is -1.13. The molecule has 3 rings (SSSR count). The van der Waals surface area contributed by atoms with E-state index < -0.39 is 5.97 Å². The Labute approximate surface area is 137 Å². The van der Waals surface area contributed by atoms with Crippen LogP contribution in [0, 0.1) is 0 Å². The lowest BCUT2D eigenvalue weighted by Crippen LogP contribution is -2.03. The Hall–Kier alpha value is -3.42. The number of hydrogen-bond acceptors (Lipinski definition) is 6. The summed E-state index contributed by atoms with van der Waals surface area (Å²) < 4.78 is 11.6. The molecule has 0 saturated heterocycles. The van der Waals surface area contributed by atoms with Gasteiger partial charge in [0, 0.05) is 18.2 Å². The van der Waals surface area contributed by atoms with Crippen LogP contribution in [0.1, 0.15) is 10.5 Å². The number of rotatable bonds is 5. The molecule has 0 atom stereocenters. The topological polar surface area (TPSA) is 99.4 Å². The van der Waals surface area contributed by atoms with E-state index in [1.807, 2.05) is 0 Å². The van der Waals surface area contributed by atoms with Crippen molar-refractivity contribution in [3.8, 4) is 28.8 Å². The number of aromatic carboxylic acids is 1. The molecule has 8 nitrogen and oxygen atoms in total. The van der Waals surface area contributed by atoms with Gasteiger partial charge in [-0.05, 0) is 12.1 Å². The number of carboxylic acids is 1. The Morgan fingerprint density at radius 3 is 2.54 bits per heavy atom. The van der Waals surface area contributed by atoms with Crippen LogP contribution in [0.2, 0.25) is 0 Å². The maximum atomic E-state index is 11.3. The molecule has 1 N–H and O–H groups in total. The molecule has 8 heteroatoms. The fourth-order valence-electron chi connectivity index (χ4n) is 2.15. The summed E-state index contributed by atoms with van der Waals surface area (Å²) >= 11 is 0. The predicted octanol–water partition coefficient (Wildman–Crippen LogP) is 2.04. The zero-order valence-corrected chi connectivity index (χ0v) is 13.0. The fraction of sp³-hybridized carbons (Fsp3) is 0.125. The highest BCUT2D eigenvalue weighted by molar-refractivity contribution is 5.87. The third-order valence-electron chi connectivity index (χ3n) is 3.30. The van der Waals surface area contributed by atoms with Gasteiger partial charge in [-0.15, -0.1) is 0 Å². The van der Waals surface area contributed by atoms with E-state index in [0.29, 0.717) is 28.8 Å². The largest absolute Gasteiger partial charge is 0.481 e. The van der Waals surface area contributed by atoms with Crippen molar-refractivity contribution in [1.29, 1.82) is 0 Å². The van der Waals surface area contributed by atoms with Crippen molar-refractivity contribution in [3.05, 3.63) is 48.3 Å². The van der Waals surface area contributed by atoms with Crippen molar-refractivity contribution >= 4 is 5.97 Å². The number of methoxy groups -OCH3 is 2. The molecule has 24 heavy (non-hydrogen) atoms. The highest BCUT2D eigenvalue weighted by Gasteiger charge is 2.17. The van der Waals surface area contributed by atoms with Crippen LogP contribution >= 0.6 is 0 Å². The molecule has 0 aliphatic heterocycles. The standard InChI is InChI=1S/C16H14N4O4/c1-23-14-7-6-10(9-17-14)20-13(8-12(19-20)16(21)22)11-4-3-5-15(18-11)24-2/h3-9H,1-2H3,(H,21,22). The molecular formula is C16H14N4O4. The lowest BCUT2D eigenvalue weighted by molar-refractivity contribution is 0.0690.